The van der Waals surface area contributed by atoms with Crippen molar-refractivity contribution >= 4 is 11.7 Å². The Hall–Kier alpha value is -2.17. The lowest BCUT2D eigenvalue weighted by Crippen LogP contribution is -2.16. The molecule has 0 atom stereocenters. The molecule has 0 aliphatic rings. The number of rotatable bonds is 3. The fraction of sp³-hybridized carbons (Fsp3) is 0.308. The predicted molar refractivity (Wildman–Crippen MR) is 67.3 cm³/mol. The monoisotopic (exact) mass is 245 g/mol. The Balaban J connectivity index is 2.08. The molecule has 5 nitrogen and oxygen atoms in total. The van der Waals surface area contributed by atoms with Crippen LogP contribution in [0.3, 0.4) is 0 Å². The molecular formula is C13H15N3O2. The largest absolute Gasteiger partial charge is 0.361 e. The second kappa shape index (κ2) is 5.00. The highest BCUT2D eigenvalue weighted by Crippen LogP contribution is 2.14. The van der Waals surface area contributed by atoms with E-state index in [4.69, 9.17) is 4.52 Å². The van der Waals surface area contributed by atoms with E-state index in [0.29, 0.717) is 11.6 Å². The highest BCUT2D eigenvalue weighted by Gasteiger charge is 2.14. The summed E-state index contributed by atoms with van der Waals surface area (Å²) in [5.74, 6) is 1.15. The van der Waals surface area contributed by atoms with Gasteiger partial charge in [0.1, 0.15) is 11.6 Å². The zero-order valence-electron chi connectivity index (χ0n) is 10.7. The van der Waals surface area contributed by atoms with Gasteiger partial charge in [-0.25, -0.2) is 4.98 Å². The molecule has 0 aliphatic heterocycles. The van der Waals surface area contributed by atoms with Crippen LogP contribution >= 0.6 is 0 Å². The van der Waals surface area contributed by atoms with Crippen molar-refractivity contribution in [2.24, 2.45) is 0 Å². The molecule has 0 bridgehead atoms. The van der Waals surface area contributed by atoms with E-state index < -0.39 is 0 Å². The highest BCUT2D eigenvalue weighted by atomic mass is 16.5. The molecule has 0 spiro atoms. The van der Waals surface area contributed by atoms with E-state index >= 15 is 0 Å². The second-order valence-electron chi connectivity index (χ2n) is 4.20. The van der Waals surface area contributed by atoms with Gasteiger partial charge in [0, 0.05) is 11.8 Å². The van der Waals surface area contributed by atoms with Gasteiger partial charge in [-0.2, -0.15) is 0 Å². The van der Waals surface area contributed by atoms with Gasteiger partial charge in [0.25, 0.3) is 0 Å². The minimum Gasteiger partial charge on any atom is -0.361 e. The Bertz CT molecular complexity index is 556. The average molecular weight is 245 g/mol. The first-order valence-corrected chi connectivity index (χ1v) is 5.71. The third-order valence-electron chi connectivity index (χ3n) is 2.79. The molecule has 0 saturated carbocycles. The van der Waals surface area contributed by atoms with E-state index in [2.05, 4.69) is 15.5 Å². The molecule has 0 aromatic carbocycles. The van der Waals surface area contributed by atoms with Crippen LogP contribution in [-0.4, -0.2) is 16.0 Å². The number of aromatic nitrogens is 2. The summed E-state index contributed by atoms with van der Waals surface area (Å²) in [7, 11) is 0. The van der Waals surface area contributed by atoms with Crippen molar-refractivity contribution in [2.45, 2.75) is 27.2 Å². The Morgan fingerprint density at radius 3 is 2.78 bits per heavy atom. The quantitative estimate of drug-likeness (QED) is 0.899. The Labute approximate surface area is 105 Å². The predicted octanol–water partition coefficient (Wildman–Crippen LogP) is 2.18. The van der Waals surface area contributed by atoms with E-state index in [-0.39, 0.29) is 12.3 Å². The first-order chi connectivity index (χ1) is 8.58. The number of aryl methyl sites for hydroxylation is 3. The maximum atomic E-state index is 11.9. The number of nitrogens with one attached hydrogen (secondary N) is 1. The van der Waals surface area contributed by atoms with Gasteiger partial charge in [0.05, 0.1) is 12.1 Å². The molecular weight excluding hydrogens is 230 g/mol. The van der Waals surface area contributed by atoms with E-state index in [9.17, 15) is 4.79 Å². The summed E-state index contributed by atoms with van der Waals surface area (Å²) in [6, 6.07) is 3.73. The van der Waals surface area contributed by atoms with Crippen LogP contribution < -0.4 is 5.32 Å². The average Bonchev–Trinajstić information content (AvgIpc) is 2.64. The van der Waals surface area contributed by atoms with Crippen molar-refractivity contribution in [3.63, 3.8) is 0 Å². The number of hydrogen-bond donors (Lipinski definition) is 1. The van der Waals surface area contributed by atoms with Gasteiger partial charge in [-0.1, -0.05) is 11.2 Å². The molecule has 1 amide bonds. The van der Waals surface area contributed by atoms with Crippen molar-refractivity contribution in [2.75, 3.05) is 5.32 Å². The smallest absolute Gasteiger partial charge is 0.230 e. The Morgan fingerprint density at radius 1 is 1.39 bits per heavy atom. The van der Waals surface area contributed by atoms with Gasteiger partial charge in [-0.15, -0.1) is 0 Å². The normalized spacial score (nSPS) is 10.4. The summed E-state index contributed by atoms with van der Waals surface area (Å²) in [6.45, 7) is 5.53. The Kier molecular flexibility index (Phi) is 3.41. The molecule has 94 valence electrons. The first-order valence-electron chi connectivity index (χ1n) is 5.71. The zero-order valence-corrected chi connectivity index (χ0v) is 10.7. The van der Waals surface area contributed by atoms with Crippen LogP contribution in [0.5, 0.6) is 0 Å². The molecule has 0 fully saturated rings. The number of carbonyl (C=O) groups is 1. The van der Waals surface area contributed by atoms with Gasteiger partial charge in [-0.3, -0.25) is 4.79 Å². The van der Waals surface area contributed by atoms with Crippen molar-refractivity contribution in [3.8, 4) is 0 Å². The van der Waals surface area contributed by atoms with Crippen molar-refractivity contribution in [3.05, 3.63) is 40.9 Å². The fourth-order valence-corrected chi connectivity index (χ4v) is 1.71. The van der Waals surface area contributed by atoms with Gasteiger partial charge in [0.15, 0.2) is 0 Å². The Morgan fingerprint density at radius 2 is 2.17 bits per heavy atom. The molecule has 0 aliphatic carbocycles. The van der Waals surface area contributed by atoms with Crippen LogP contribution in [0.2, 0.25) is 0 Å². The molecule has 18 heavy (non-hydrogen) atoms. The number of amides is 1. The zero-order chi connectivity index (χ0) is 13.1. The first kappa shape index (κ1) is 12.3. The van der Waals surface area contributed by atoms with Crippen molar-refractivity contribution in [1.82, 2.24) is 10.1 Å². The molecule has 2 aromatic heterocycles. The lowest BCUT2D eigenvalue weighted by Gasteiger charge is -2.06. The van der Waals surface area contributed by atoms with Gasteiger partial charge < -0.3 is 9.84 Å². The van der Waals surface area contributed by atoms with E-state index in [1.54, 1.807) is 13.1 Å². The molecule has 2 aromatic rings. The lowest BCUT2D eigenvalue weighted by molar-refractivity contribution is -0.115. The maximum absolute atomic E-state index is 11.9. The second-order valence-corrected chi connectivity index (χ2v) is 4.20. The molecule has 0 radical (unpaired) electrons. The number of anilines is 1. The van der Waals surface area contributed by atoms with Gasteiger partial charge in [0.2, 0.25) is 5.91 Å². The topological polar surface area (TPSA) is 68.0 Å². The summed E-state index contributed by atoms with van der Waals surface area (Å²) in [5.41, 5.74) is 2.52. The van der Waals surface area contributed by atoms with Crippen LogP contribution in [-0.2, 0) is 11.2 Å². The molecule has 5 heteroatoms. The molecule has 0 saturated heterocycles. The van der Waals surface area contributed by atoms with Crippen LogP contribution in [0.1, 0.15) is 22.6 Å². The van der Waals surface area contributed by atoms with Crippen LogP contribution in [0.4, 0.5) is 5.82 Å². The third kappa shape index (κ3) is 2.56. The van der Waals surface area contributed by atoms with Crippen LogP contribution in [0.15, 0.2) is 22.9 Å². The van der Waals surface area contributed by atoms with Gasteiger partial charge in [-0.05, 0) is 32.4 Å². The molecule has 2 heterocycles. The summed E-state index contributed by atoms with van der Waals surface area (Å²) in [4.78, 5) is 16.0. The molecule has 1 N–H and O–H groups in total. The minimum absolute atomic E-state index is 0.119. The van der Waals surface area contributed by atoms with E-state index in [0.717, 1.165) is 16.8 Å². The van der Waals surface area contributed by atoms with E-state index in [1.807, 2.05) is 26.0 Å². The summed E-state index contributed by atoms with van der Waals surface area (Å²) in [6.07, 6.45) is 1.90. The standard InChI is InChI=1S/C13H15N3O2/c1-8-5-4-6-14-13(8)15-12(17)7-11-9(2)16-18-10(11)3/h4-6H,7H2,1-3H3,(H,14,15,17). The fourth-order valence-electron chi connectivity index (χ4n) is 1.71. The molecule has 2 rings (SSSR count). The van der Waals surface area contributed by atoms with Crippen LogP contribution in [0, 0.1) is 20.8 Å². The summed E-state index contributed by atoms with van der Waals surface area (Å²) < 4.78 is 5.02. The van der Waals surface area contributed by atoms with Crippen LogP contribution in [0.25, 0.3) is 0 Å². The van der Waals surface area contributed by atoms with E-state index in [1.165, 1.54) is 0 Å². The lowest BCUT2D eigenvalue weighted by atomic mass is 10.1. The summed E-state index contributed by atoms with van der Waals surface area (Å²) in [5, 5.41) is 6.61. The molecule has 0 unspecified atom stereocenters. The number of pyridine rings is 1. The summed E-state index contributed by atoms with van der Waals surface area (Å²) >= 11 is 0. The minimum atomic E-state index is -0.119. The highest BCUT2D eigenvalue weighted by molar-refractivity contribution is 5.92. The third-order valence-corrected chi connectivity index (χ3v) is 2.79. The SMILES string of the molecule is Cc1cccnc1NC(=O)Cc1c(C)noc1C. The maximum Gasteiger partial charge on any atom is 0.230 e. The number of nitrogens with zero attached hydrogens (tertiary/aromatic N) is 2. The van der Waals surface area contributed by atoms with Crippen molar-refractivity contribution in [1.29, 1.82) is 0 Å². The van der Waals surface area contributed by atoms with Gasteiger partial charge >= 0.3 is 0 Å². The van der Waals surface area contributed by atoms with Crippen molar-refractivity contribution < 1.29 is 9.32 Å². The number of carbonyl (C=O) groups excluding carboxylic acids is 1. The number of hydrogen-bond acceptors (Lipinski definition) is 4.